The van der Waals surface area contributed by atoms with Gasteiger partial charge in [0.15, 0.2) is 17.3 Å². The molecule has 6 nitrogen and oxygen atoms in total. The topological polar surface area (TPSA) is 82.1 Å². The highest BCUT2D eigenvalue weighted by molar-refractivity contribution is 5.87. The molecule has 0 saturated carbocycles. The molecule has 0 amide bonds. The van der Waals surface area contributed by atoms with Crippen LogP contribution in [-0.2, 0) is 14.3 Å². The monoisotopic (exact) mass is 378 g/mol. The Labute approximate surface area is 161 Å². The minimum Gasteiger partial charge on any atom is -0.502 e. The molecule has 1 rings (SSSR count). The number of aromatic hydroxyl groups is 1. The van der Waals surface area contributed by atoms with Crippen molar-refractivity contribution >= 4 is 17.8 Å². The van der Waals surface area contributed by atoms with Crippen molar-refractivity contribution in [3.8, 4) is 17.2 Å². The van der Waals surface area contributed by atoms with Crippen molar-refractivity contribution in [1.82, 2.24) is 0 Å². The van der Waals surface area contributed by atoms with E-state index in [2.05, 4.69) is 13.8 Å². The van der Waals surface area contributed by atoms with Gasteiger partial charge in [-0.3, -0.25) is 4.79 Å². The number of hydrogen-bond acceptors (Lipinski definition) is 6. The van der Waals surface area contributed by atoms with Crippen molar-refractivity contribution in [2.24, 2.45) is 5.92 Å². The van der Waals surface area contributed by atoms with E-state index in [0.717, 1.165) is 25.7 Å². The number of ether oxygens (including phenoxy) is 3. The average Bonchev–Trinajstić information content (AvgIpc) is 2.66. The van der Waals surface area contributed by atoms with E-state index in [1.807, 2.05) is 0 Å². The predicted octanol–water partition coefficient (Wildman–Crippen LogP) is 4.14. The van der Waals surface area contributed by atoms with Crippen LogP contribution in [0.1, 0.15) is 52.0 Å². The molecule has 1 N–H and O–H groups in total. The smallest absolute Gasteiger partial charge is 0.330 e. The molecule has 0 aliphatic heterocycles. The number of carbonyl (C=O) groups excluding carboxylic acids is 2. The van der Waals surface area contributed by atoms with Crippen LogP contribution in [0.5, 0.6) is 17.2 Å². The minimum atomic E-state index is -0.428. The molecule has 0 aromatic heterocycles. The summed E-state index contributed by atoms with van der Waals surface area (Å²) in [5.74, 6) is -0.115. The van der Waals surface area contributed by atoms with Gasteiger partial charge < -0.3 is 19.3 Å². The van der Waals surface area contributed by atoms with Crippen LogP contribution in [0.2, 0.25) is 0 Å². The lowest BCUT2D eigenvalue weighted by molar-refractivity contribution is -0.139. The molecule has 1 aromatic carbocycles. The standard InChI is InChI=1S/C21H30O6/c1-5-7-8-16(6-2)14-27-20(23)10-9-17-11-18(25-4)21(24)19(12-17)26-13-15(3)22/h9-12,16,24H,5-8,13-14H2,1-4H3/b10-9+. The van der Waals surface area contributed by atoms with Crippen LogP contribution in [0, 0.1) is 5.92 Å². The van der Waals surface area contributed by atoms with Gasteiger partial charge in [-0.05, 0) is 43.0 Å². The van der Waals surface area contributed by atoms with Gasteiger partial charge >= 0.3 is 5.97 Å². The van der Waals surface area contributed by atoms with E-state index in [1.54, 1.807) is 12.1 Å². The van der Waals surface area contributed by atoms with E-state index in [-0.39, 0.29) is 29.6 Å². The van der Waals surface area contributed by atoms with Gasteiger partial charge in [-0.1, -0.05) is 33.1 Å². The van der Waals surface area contributed by atoms with Gasteiger partial charge in [-0.25, -0.2) is 4.79 Å². The fourth-order valence-electron chi connectivity index (χ4n) is 2.45. The van der Waals surface area contributed by atoms with Gasteiger partial charge in [-0.2, -0.15) is 0 Å². The summed E-state index contributed by atoms with van der Waals surface area (Å²) in [5, 5.41) is 10.1. The van der Waals surface area contributed by atoms with Gasteiger partial charge in [0.05, 0.1) is 13.7 Å². The van der Waals surface area contributed by atoms with Crippen molar-refractivity contribution < 1.29 is 28.9 Å². The third-order valence-corrected chi connectivity index (χ3v) is 4.13. The molecule has 0 heterocycles. The Balaban J connectivity index is 2.76. The van der Waals surface area contributed by atoms with Gasteiger partial charge in [-0.15, -0.1) is 0 Å². The Hall–Kier alpha value is -2.50. The number of benzene rings is 1. The highest BCUT2D eigenvalue weighted by atomic mass is 16.5. The molecule has 150 valence electrons. The fourth-order valence-corrected chi connectivity index (χ4v) is 2.45. The van der Waals surface area contributed by atoms with Gasteiger partial charge in [0.1, 0.15) is 6.61 Å². The number of methoxy groups -OCH3 is 1. The van der Waals surface area contributed by atoms with E-state index in [9.17, 15) is 14.7 Å². The second-order valence-corrected chi connectivity index (χ2v) is 6.44. The number of carbonyl (C=O) groups is 2. The van der Waals surface area contributed by atoms with Crippen molar-refractivity contribution in [2.45, 2.75) is 46.5 Å². The highest BCUT2D eigenvalue weighted by Gasteiger charge is 2.12. The molecule has 1 unspecified atom stereocenters. The van der Waals surface area contributed by atoms with E-state index in [4.69, 9.17) is 14.2 Å². The Morgan fingerprint density at radius 2 is 1.93 bits per heavy atom. The lowest BCUT2D eigenvalue weighted by Gasteiger charge is -2.13. The summed E-state index contributed by atoms with van der Waals surface area (Å²) in [6.07, 6.45) is 7.16. The van der Waals surface area contributed by atoms with Crippen molar-refractivity contribution in [2.75, 3.05) is 20.3 Å². The third kappa shape index (κ3) is 8.15. The zero-order valence-electron chi connectivity index (χ0n) is 16.6. The van der Waals surface area contributed by atoms with Crippen LogP contribution in [0.3, 0.4) is 0 Å². The van der Waals surface area contributed by atoms with Crippen molar-refractivity contribution in [3.05, 3.63) is 23.8 Å². The van der Waals surface area contributed by atoms with Crippen LogP contribution in [-0.4, -0.2) is 37.2 Å². The first kappa shape index (κ1) is 22.5. The third-order valence-electron chi connectivity index (χ3n) is 4.13. The summed E-state index contributed by atoms with van der Waals surface area (Å²) < 4.78 is 15.7. The Bertz CT molecular complexity index is 650. The summed E-state index contributed by atoms with van der Waals surface area (Å²) >= 11 is 0. The average molecular weight is 378 g/mol. The molecular weight excluding hydrogens is 348 g/mol. The molecule has 0 spiro atoms. The molecule has 1 atom stereocenters. The SMILES string of the molecule is CCCCC(CC)COC(=O)/C=C/c1cc(OC)c(O)c(OCC(C)=O)c1. The number of hydrogen-bond donors (Lipinski definition) is 1. The first-order chi connectivity index (χ1) is 12.9. The molecule has 6 heteroatoms. The maximum absolute atomic E-state index is 12.0. The van der Waals surface area contributed by atoms with Crippen LogP contribution >= 0.6 is 0 Å². The highest BCUT2D eigenvalue weighted by Crippen LogP contribution is 2.37. The quantitative estimate of drug-likeness (QED) is 0.435. The molecule has 0 aliphatic carbocycles. The lowest BCUT2D eigenvalue weighted by Crippen LogP contribution is -2.12. The number of phenolic OH excluding ortho intramolecular Hbond substituents is 1. The molecule has 0 aliphatic rings. The van der Waals surface area contributed by atoms with Gasteiger partial charge in [0, 0.05) is 6.08 Å². The maximum atomic E-state index is 12.0. The largest absolute Gasteiger partial charge is 0.502 e. The summed E-state index contributed by atoms with van der Waals surface area (Å²) in [7, 11) is 1.41. The number of rotatable bonds is 12. The first-order valence-corrected chi connectivity index (χ1v) is 9.29. The molecule has 27 heavy (non-hydrogen) atoms. The maximum Gasteiger partial charge on any atom is 0.330 e. The number of Topliss-reactive ketones (excluding diaryl/α,β-unsaturated/α-hetero) is 1. The van der Waals surface area contributed by atoms with Crippen LogP contribution in [0.25, 0.3) is 6.08 Å². The zero-order chi connectivity index (χ0) is 20.2. The predicted molar refractivity (Wildman–Crippen MR) is 104 cm³/mol. The van der Waals surface area contributed by atoms with Crippen LogP contribution in [0.15, 0.2) is 18.2 Å². The molecule has 0 bridgehead atoms. The summed E-state index contributed by atoms with van der Waals surface area (Å²) in [6, 6.07) is 3.09. The molecule has 0 radical (unpaired) electrons. The summed E-state index contributed by atoms with van der Waals surface area (Å²) in [5.41, 5.74) is 0.582. The van der Waals surface area contributed by atoms with Crippen molar-refractivity contribution in [3.63, 3.8) is 0 Å². The minimum absolute atomic E-state index is 0.114. The van der Waals surface area contributed by atoms with E-state index < -0.39 is 5.97 Å². The molecule has 0 fully saturated rings. The Morgan fingerprint density at radius 3 is 2.52 bits per heavy atom. The van der Waals surface area contributed by atoms with Crippen molar-refractivity contribution in [1.29, 1.82) is 0 Å². The Kier molecular flexibility index (Phi) is 10.0. The number of unbranched alkanes of at least 4 members (excludes halogenated alkanes) is 1. The summed E-state index contributed by atoms with van der Waals surface area (Å²) in [4.78, 5) is 23.1. The molecule has 1 aromatic rings. The number of ketones is 1. The Morgan fingerprint density at radius 1 is 1.22 bits per heavy atom. The second-order valence-electron chi connectivity index (χ2n) is 6.44. The summed E-state index contributed by atoms with van der Waals surface area (Å²) in [6.45, 7) is 5.86. The van der Waals surface area contributed by atoms with E-state index in [0.29, 0.717) is 18.1 Å². The zero-order valence-corrected chi connectivity index (χ0v) is 16.6. The normalized spacial score (nSPS) is 12.0. The first-order valence-electron chi connectivity index (χ1n) is 9.29. The second kappa shape index (κ2) is 12.0. The van der Waals surface area contributed by atoms with Gasteiger partial charge in [0.25, 0.3) is 0 Å². The number of phenols is 1. The van der Waals surface area contributed by atoms with Gasteiger partial charge in [0.2, 0.25) is 5.75 Å². The van der Waals surface area contributed by atoms with E-state index in [1.165, 1.54) is 26.2 Å². The van der Waals surface area contributed by atoms with E-state index >= 15 is 0 Å². The molecular formula is C21H30O6. The number of esters is 1. The van der Waals surface area contributed by atoms with Crippen LogP contribution in [0.4, 0.5) is 0 Å². The fraction of sp³-hybridized carbons (Fsp3) is 0.524. The van der Waals surface area contributed by atoms with Crippen LogP contribution < -0.4 is 9.47 Å². The lowest BCUT2D eigenvalue weighted by atomic mass is 10.0. The molecule has 0 saturated heterocycles.